The molecule has 1 amide bonds. The molecule has 1 aliphatic rings. The predicted molar refractivity (Wildman–Crippen MR) is 77.0 cm³/mol. The van der Waals surface area contributed by atoms with Gasteiger partial charge in [0.2, 0.25) is 0 Å². The van der Waals surface area contributed by atoms with Gasteiger partial charge in [-0.15, -0.1) is 0 Å². The maximum Gasteiger partial charge on any atom is 0.389 e. The predicted octanol–water partition coefficient (Wildman–Crippen LogP) is 3.16. The van der Waals surface area contributed by atoms with Crippen LogP contribution in [0.15, 0.2) is 24.3 Å². The zero-order chi connectivity index (χ0) is 17.0. The molecular formula is C16H18F3NO3. The molecule has 126 valence electrons. The second-order valence-corrected chi connectivity index (χ2v) is 5.86. The van der Waals surface area contributed by atoms with Crippen molar-refractivity contribution in [2.75, 3.05) is 0 Å². The standard InChI is InChI=1S/C16H18F3NO3/c17-16(18,19)8-7-10-3-5-12(6-4-10)14(21)20-13(15(22)23)9-11-1-2-11/h3-6,11,13H,1-2,7-9H2,(H,20,21)(H,22,23). The minimum Gasteiger partial charge on any atom is -0.480 e. The van der Waals surface area contributed by atoms with Crippen molar-refractivity contribution in [1.29, 1.82) is 0 Å². The number of aryl methyl sites for hydroxylation is 1. The fourth-order valence-corrected chi connectivity index (χ4v) is 2.26. The summed E-state index contributed by atoms with van der Waals surface area (Å²) in [5.74, 6) is -1.26. The number of carboxylic acid groups (broad SMARTS) is 1. The number of alkyl halides is 3. The lowest BCUT2D eigenvalue weighted by atomic mass is 10.1. The van der Waals surface area contributed by atoms with Gasteiger partial charge in [0.25, 0.3) is 5.91 Å². The fourth-order valence-electron chi connectivity index (χ4n) is 2.26. The van der Waals surface area contributed by atoms with E-state index in [1.165, 1.54) is 24.3 Å². The van der Waals surface area contributed by atoms with Crippen molar-refractivity contribution in [2.45, 2.75) is 44.3 Å². The zero-order valence-corrected chi connectivity index (χ0v) is 12.4. The first kappa shape index (κ1) is 17.3. The van der Waals surface area contributed by atoms with Crippen molar-refractivity contribution in [3.8, 4) is 0 Å². The van der Waals surface area contributed by atoms with Gasteiger partial charge in [0.1, 0.15) is 6.04 Å². The van der Waals surface area contributed by atoms with E-state index in [0.717, 1.165) is 12.8 Å². The van der Waals surface area contributed by atoms with Gasteiger partial charge >= 0.3 is 12.1 Å². The Labute approximate surface area is 131 Å². The van der Waals surface area contributed by atoms with Crippen molar-refractivity contribution in [2.24, 2.45) is 5.92 Å². The molecule has 7 heteroatoms. The molecule has 0 radical (unpaired) electrons. The molecule has 1 aliphatic carbocycles. The highest BCUT2D eigenvalue weighted by Crippen LogP contribution is 2.33. The fraction of sp³-hybridized carbons (Fsp3) is 0.500. The maximum absolute atomic E-state index is 12.2. The number of halogens is 3. The number of carbonyl (C=O) groups excluding carboxylic acids is 1. The zero-order valence-electron chi connectivity index (χ0n) is 12.4. The number of benzene rings is 1. The quantitative estimate of drug-likeness (QED) is 0.807. The second kappa shape index (κ2) is 7.02. The van der Waals surface area contributed by atoms with E-state index in [2.05, 4.69) is 5.32 Å². The van der Waals surface area contributed by atoms with Crippen molar-refractivity contribution in [3.05, 3.63) is 35.4 Å². The smallest absolute Gasteiger partial charge is 0.389 e. The minimum absolute atomic E-state index is 0.148. The second-order valence-electron chi connectivity index (χ2n) is 5.86. The lowest BCUT2D eigenvalue weighted by molar-refractivity contribution is -0.139. The molecule has 0 heterocycles. The van der Waals surface area contributed by atoms with E-state index in [4.69, 9.17) is 5.11 Å². The molecule has 2 rings (SSSR count). The van der Waals surface area contributed by atoms with Gasteiger partial charge in [0.05, 0.1) is 0 Å². The van der Waals surface area contributed by atoms with E-state index in [0.29, 0.717) is 17.9 Å². The minimum atomic E-state index is -4.21. The summed E-state index contributed by atoms with van der Waals surface area (Å²) in [5, 5.41) is 11.6. The van der Waals surface area contributed by atoms with E-state index in [9.17, 15) is 22.8 Å². The highest BCUT2D eigenvalue weighted by Gasteiger charge is 2.30. The number of carbonyl (C=O) groups is 2. The van der Waals surface area contributed by atoms with Crippen LogP contribution in [0.1, 0.15) is 41.6 Å². The number of amides is 1. The van der Waals surface area contributed by atoms with Gasteiger partial charge < -0.3 is 10.4 Å². The van der Waals surface area contributed by atoms with Crippen LogP contribution in [0, 0.1) is 5.92 Å². The Morgan fingerprint density at radius 1 is 1.22 bits per heavy atom. The van der Waals surface area contributed by atoms with Crippen LogP contribution < -0.4 is 5.32 Å². The number of hydrogen-bond donors (Lipinski definition) is 2. The Hall–Kier alpha value is -2.05. The topological polar surface area (TPSA) is 66.4 Å². The van der Waals surface area contributed by atoms with Crippen LogP contribution in [0.2, 0.25) is 0 Å². The van der Waals surface area contributed by atoms with Crippen LogP contribution in [0.5, 0.6) is 0 Å². The Kier molecular flexibility index (Phi) is 5.28. The third-order valence-corrected chi connectivity index (χ3v) is 3.78. The lowest BCUT2D eigenvalue weighted by Crippen LogP contribution is -2.41. The molecule has 1 aromatic rings. The van der Waals surface area contributed by atoms with Crippen LogP contribution >= 0.6 is 0 Å². The van der Waals surface area contributed by atoms with Gasteiger partial charge in [-0.3, -0.25) is 4.79 Å². The Balaban J connectivity index is 1.92. The molecule has 1 unspecified atom stereocenters. The molecule has 0 saturated heterocycles. The van der Waals surface area contributed by atoms with Crippen molar-refractivity contribution < 1.29 is 27.9 Å². The average Bonchev–Trinajstić information content (AvgIpc) is 3.28. The molecule has 4 nitrogen and oxygen atoms in total. The number of carboxylic acids is 1. The number of aliphatic carboxylic acids is 1. The molecule has 0 aliphatic heterocycles. The lowest BCUT2D eigenvalue weighted by Gasteiger charge is -2.14. The number of rotatable bonds is 7. The molecule has 1 atom stereocenters. The largest absolute Gasteiger partial charge is 0.480 e. The summed E-state index contributed by atoms with van der Waals surface area (Å²) in [6, 6.07) is 4.81. The van der Waals surface area contributed by atoms with Crippen LogP contribution in [0.25, 0.3) is 0 Å². The summed E-state index contributed by atoms with van der Waals surface area (Å²) in [6.45, 7) is 0. The summed E-state index contributed by atoms with van der Waals surface area (Å²) in [7, 11) is 0. The van der Waals surface area contributed by atoms with Gasteiger partial charge in [-0.2, -0.15) is 13.2 Å². The maximum atomic E-state index is 12.2. The van der Waals surface area contributed by atoms with Crippen LogP contribution in [-0.2, 0) is 11.2 Å². The van der Waals surface area contributed by atoms with Crippen molar-refractivity contribution >= 4 is 11.9 Å². The van der Waals surface area contributed by atoms with Crippen molar-refractivity contribution in [1.82, 2.24) is 5.32 Å². The Morgan fingerprint density at radius 2 is 1.83 bits per heavy atom. The van der Waals surface area contributed by atoms with Crippen LogP contribution in [-0.4, -0.2) is 29.2 Å². The summed E-state index contributed by atoms with van der Waals surface area (Å²) in [6.07, 6.45) is -2.91. The molecule has 23 heavy (non-hydrogen) atoms. The van der Waals surface area contributed by atoms with Gasteiger partial charge in [-0.05, 0) is 36.5 Å². The van der Waals surface area contributed by atoms with Gasteiger partial charge in [-0.25, -0.2) is 4.79 Å². The van der Waals surface area contributed by atoms with Gasteiger partial charge in [-0.1, -0.05) is 25.0 Å². The first-order chi connectivity index (χ1) is 10.7. The van der Waals surface area contributed by atoms with Crippen molar-refractivity contribution in [3.63, 3.8) is 0 Å². The number of hydrogen-bond acceptors (Lipinski definition) is 2. The first-order valence-electron chi connectivity index (χ1n) is 7.44. The van der Waals surface area contributed by atoms with E-state index in [-0.39, 0.29) is 12.0 Å². The highest BCUT2D eigenvalue weighted by molar-refractivity contribution is 5.96. The van der Waals surface area contributed by atoms with E-state index >= 15 is 0 Å². The summed E-state index contributed by atoms with van der Waals surface area (Å²) in [4.78, 5) is 23.2. The first-order valence-corrected chi connectivity index (χ1v) is 7.44. The molecule has 1 aromatic carbocycles. The average molecular weight is 329 g/mol. The van der Waals surface area contributed by atoms with E-state index < -0.39 is 30.5 Å². The summed E-state index contributed by atoms with van der Waals surface area (Å²) in [5.41, 5.74) is 0.717. The third kappa shape index (κ3) is 5.92. The summed E-state index contributed by atoms with van der Waals surface area (Å²) >= 11 is 0. The van der Waals surface area contributed by atoms with E-state index in [1.54, 1.807) is 0 Å². The SMILES string of the molecule is O=C(NC(CC1CC1)C(=O)O)c1ccc(CCC(F)(F)F)cc1. The molecule has 1 fully saturated rings. The number of nitrogens with one attached hydrogen (secondary N) is 1. The molecular weight excluding hydrogens is 311 g/mol. The van der Waals surface area contributed by atoms with E-state index in [1.807, 2.05) is 0 Å². The normalized spacial score (nSPS) is 16.0. The molecule has 2 N–H and O–H groups in total. The molecule has 0 aromatic heterocycles. The molecule has 0 bridgehead atoms. The highest BCUT2D eigenvalue weighted by atomic mass is 19.4. The molecule has 0 spiro atoms. The van der Waals surface area contributed by atoms with Crippen LogP contribution in [0.3, 0.4) is 0 Å². The Morgan fingerprint density at radius 3 is 2.30 bits per heavy atom. The third-order valence-electron chi connectivity index (χ3n) is 3.78. The molecule has 1 saturated carbocycles. The monoisotopic (exact) mass is 329 g/mol. The summed E-state index contributed by atoms with van der Waals surface area (Å²) < 4.78 is 36.5. The van der Waals surface area contributed by atoms with Gasteiger partial charge in [0, 0.05) is 12.0 Å². The van der Waals surface area contributed by atoms with Crippen LogP contribution in [0.4, 0.5) is 13.2 Å². The Bertz CT molecular complexity index is 565. The van der Waals surface area contributed by atoms with Gasteiger partial charge in [0.15, 0.2) is 0 Å².